The number of hydrogen-bond acceptors (Lipinski definition) is 2. The molecule has 98 valence electrons. The van der Waals surface area contributed by atoms with E-state index in [0.717, 1.165) is 6.54 Å². The maximum atomic E-state index is 6.17. The van der Waals surface area contributed by atoms with Crippen LogP contribution in [0.25, 0.3) is 0 Å². The maximum absolute atomic E-state index is 6.17. The number of likely N-dealkylation sites (tertiary alicyclic amines) is 1. The molecule has 1 aromatic carbocycles. The van der Waals surface area contributed by atoms with Gasteiger partial charge in [-0.3, -0.25) is 4.90 Å². The minimum atomic E-state index is 0.454. The van der Waals surface area contributed by atoms with Gasteiger partial charge >= 0.3 is 0 Å². The highest BCUT2D eigenvalue weighted by molar-refractivity contribution is 5.15. The molecule has 2 unspecified atom stereocenters. The fraction of sp³-hybridized carbons (Fsp3) is 0.625. The molecule has 2 fully saturated rings. The van der Waals surface area contributed by atoms with E-state index in [1.54, 1.807) is 0 Å². The third-order valence-corrected chi connectivity index (χ3v) is 4.74. The molecular weight excluding hydrogens is 220 g/mol. The van der Waals surface area contributed by atoms with Crippen LogP contribution in [0.2, 0.25) is 0 Å². The zero-order valence-electron chi connectivity index (χ0n) is 11.1. The van der Waals surface area contributed by atoms with Gasteiger partial charge in [-0.2, -0.15) is 0 Å². The molecule has 1 aromatic rings. The number of nitrogens with two attached hydrogens (primary N) is 1. The molecule has 0 aromatic heterocycles. The van der Waals surface area contributed by atoms with E-state index in [1.807, 2.05) is 0 Å². The SMILES string of the molecule is NC1CCCC2(CCN(Cc3ccccc3)C2)C1. The molecule has 2 nitrogen and oxygen atoms in total. The molecule has 3 rings (SSSR count). The minimum Gasteiger partial charge on any atom is -0.328 e. The maximum Gasteiger partial charge on any atom is 0.0233 e. The standard InChI is InChI=1S/C16H24N2/c17-15-7-4-8-16(11-15)9-10-18(13-16)12-14-5-2-1-3-6-14/h1-3,5-6,15H,4,7-13,17H2. The average Bonchev–Trinajstić information content (AvgIpc) is 2.73. The highest BCUT2D eigenvalue weighted by atomic mass is 15.2. The lowest BCUT2D eigenvalue weighted by atomic mass is 9.72. The third-order valence-electron chi connectivity index (χ3n) is 4.74. The van der Waals surface area contributed by atoms with E-state index in [0.29, 0.717) is 11.5 Å². The van der Waals surface area contributed by atoms with Gasteiger partial charge in [-0.15, -0.1) is 0 Å². The van der Waals surface area contributed by atoms with Crippen molar-refractivity contribution >= 4 is 0 Å². The summed E-state index contributed by atoms with van der Waals surface area (Å²) in [4.78, 5) is 2.62. The zero-order chi connectivity index (χ0) is 12.4. The molecule has 1 aliphatic carbocycles. The van der Waals surface area contributed by atoms with Gasteiger partial charge in [0.15, 0.2) is 0 Å². The summed E-state index contributed by atoms with van der Waals surface area (Å²) in [5.74, 6) is 0. The number of rotatable bonds is 2. The van der Waals surface area contributed by atoms with Crippen LogP contribution < -0.4 is 5.73 Å². The van der Waals surface area contributed by atoms with Crippen LogP contribution in [0.5, 0.6) is 0 Å². The molecule has 0 bridgehead atoms. The summed E-state index contributed by atoms with van der Waals surface area (Å²) < 4.78 is 0. The summed E-state index contributed by atoms with van der Waals surface area (Å²) >= 11 is 0. The van der Waals surface area contributed by atoms with E-state index in [1.165, 1.54) is 50.8 Å². The van der Waals surface area contributed by atoms with Crippen LogP contribution in [0.15, 0.2) is 30.3 Å². The molecule has 0 radical (unpaired) electrons. The van der Waals surface area contributed by atoms with Gasteiger partial charge < -0.3 is 5.73 Å². The quantitative estimate of drug-likeness (QED) is 0.867. The second-order valence-corrected chi connectivity index (χ2v) is 6.30. The molecule has 2 atom stereocenters. The predicted molar refractivity (Wildman–Crippen MR) is 75.2 cm³/mol. The molecule has 1 spiro atoms. The fourth-order valence-electron chi connectivity index (χ4n) is 3.87. The summed E-state index contributed by atoms with van der Waals surface area (Å²) in [5.41, 5.74) is 8.16. The van der Waals surface area contributed by atoms with Crippen molar-refractivity contribution in [3.63, 3.8) is 0 Å². The highest BCUT2D eigenvalue weighted by Crippen LogP contribution is 2.43. The summed E-state index contributed by atoms with van der Waals surface area (Å²) in [6.45, 7) is 3.62. The molecule has 1 saturated carbocycles. The number of benzene rings is 1. The molecule has 0 amide bonds. The van der Waals surface area contributed by atoms with Crippen LogP contribution in [0.1, 0.15) is 37.7 Å². The summed E-state index contributed by atoms with van der Waals surface area (Å²) in [7, 11) is 0. The summed E-state index contributed by atoms with van der Waals surface area (Å²) in [6, 6.07) is 11.3. The van der Waals surface area contributed by atoms with E-state index in [4.69, 9.17) is 5.73 Å². The predicted octanol–water partition coefficient (Wildman–Crippen LogP) is 2.78. The van der Waals surface area contributed by atoms with Crippen LogP contribution in [-0.2, 0) is 6.54 Å². The van der Waals surface area contributed by atoms with E-state index in [9.17, 15) is 0 Å². The van der Waals surface area contributed by atoms with Crippen LogP contribution in [0.3, 0.4) is 0 Å². The molecular formula is C16H24N2. The summed E-state index contributed by atoms with van der Waals surface area (Å²) in [6.07, 6.45) is 6.57. The van der Waals surface area contributed by atoms with Crippen LogP contribution in [0.4, 0.5) is 0 Å². The normalized spacial score (nSPS) is 33.1. The Bertz CT molecular complexity index is 389. The lowest BCUT2D eigenvalue weighted by Gasteiger charge is -2.36. The Morgan fingerprint density at radius 3 is 2.83 bits per heavy atom. The van der Waals surface area contributed by atoms with Gasteiger partial charge in [0.25, 0.3) is 0 Å². The topological polar surface area (TPSA) is 29.3 Å². The first-order valence-electron chi connectivity index (χ1n) is 7.28. The largest absolute Gasteiger partial charge is 0.328 e. The van der Waals surface area contributed by atoms with Crippen molar-refractivity contribution in [1.82, 2.24) is 4.90 Å². The van der Waals surface area contributed by atoms with Crippen molar-refractivity contribution in [3.8, 4) is 0 Å². The minimum absolute atomic E-state index is 0.454. The van der Waals surface area contributed by atoms with Crippen LogP contribution >= 0.6 is 0 Å². The lowest BCUT2D eigenvalue weighted by molar-refractivity contribution is 0.168. The first-order chi connectivity index (χ1) is 8.76. The van der Waals surface area contributed by atoms with Crippen molar-refractivity contribution in [2.24, 2.45) is 11.1 Å². The van der Waals surface area contributed by atoms with Gasteiger partial charge in [0.2, 0.25) is 0 Å². The molecule has 2 heteroatoms. The highest BCUT2D eigenvalue weighted by Gasteiger charge is 2.40. The molecule has 1 heterocycles. The number of hydrogen-bond donors (Lipinski definition) is 1. The van der Waals surface area contributed by atoms with Gasteiger partial charge in [0.1, 0.15) is 0 Å². The second-order valence-electron chi connectivity index (χ2n) is 6.30. The van der Waals surface area contributed by atoms with Gasteiger partial charge in [0, 0.05) is 19.1 Å². The Kier molecular flexibility index (Phi) is 3.40. The fourth-order valence-corrected chi connectivity index (χ4v) is 3.87. The molecule has 1 saturated heterocycles. The van der Waals surface area contributed by atoms with Gasteiger partial charge in [-0.05, 0) is 43.2 Å². The lowest BCUT2D eigenvalue weighted by Crippen LogP contribution is -2.38. The first-order valence-corrected chi connectivity index (χ1v) is 7.28. The molecule has 18 heavy (non-hydrogen) atoms. The van der Waals surface area contributed by atoms with Crippen molar-refractivity contribution in [2.75, 3.05) is 13.1 Å². The smallest absolute Gasteiger partial charge is 0.0233 e. The Labute approximate surface area is 110 Å². The van der Waals surface area contributed by atoms with Crippen LogP contribution in [-0.4, -0.2) is 24.0 Å². The van der Waals surface area contributed by atoms with Crippen molar-refractivity contribution in [1.29, 1.82) is 0 Å². The van der Waals surface area contributed by atoms with E-state index in [-0.39, 0.29) is 0 Å². The Morgan fingerprint density at radius 2 is 2.06 bits per heavy atom. The number of nitrogens with zero attached hydrogens (tertiary/aromatic N) is 1. The third kappa shape index (κ3) is 2.60. The second kappa shape index (κ2) is 5.02. The van der Waals surface area contributed by atoms with E-state index in [2.05, 4.69) is 35.2 Å². The molecule has 1 aliphatic heterocycles. The summed E-state index contributed by atoms with van der Waals surface area (Å²) in [5, 5.41) is 0. The van der Waals surface area contributed by atoms with Crippen LogP contribution in [0, 0.1) is 5.41 Å². The van der Waals surface area contributed by atoms with Gasteiger partial charge in [-0.25, -0.2) is 0 Å². The first kappa shape index (κ1) is 12.2. The van der Waals surface area contributed by atoms with Gasteiger partial charge in [0.05, 0.1) is 0 Å². The van der Waals surface area contributed by atoms with Crippen molar-refractivity contribution < 1.29 is 0 Å². The van der Waals surface area contributed by atoms with E-state index >= 15 is 0 Å². The van der Waals surface area contributed by atoms with Crippen molar-refractivity contribution in [3.05, 3.63) is 35.9 Å². The molecule has 2 N–H and O–H groups in total. The zero-order valence-corrected chi connectivity index (χ0v) is 11.1. The monoisotopic (exact) mass is 244 g/mol. The van der Waals surface area contributed by atoms with Crippen molar-refractivity contribution in [2.45, 2.75) is 44.7 Å². The Hall–Kier alpha value is -0.860. The molecule has 2 aliphatic rings. The Balaban J connectivity index is 1.61. The Morgan fingerprint density at radius 1 is 1.22 bits per heavy atom. The van der Waals surface area contributed by atoms with E-state index < -0.39 is 0 Å². The average molecular weight is 244 g/mol. The van der Waals surface area contributed by atoms with Gasteiger partial charge in [-0.1, -0.05) is 36.8 Å².